The quantitative estimate of drug-likeness (QED) is 0.669. The van der Waals surface area contributed by atoms with Crippen molar-refractivity contribution in [2.24, 2.45) is 4.99 Å². The number of para-hydroxylation sites is 2. The molecule has 0 aromatic heterocycles. The first-order chi connectivity index (χ1) is 15.1. The molecule has 31 heavy (non-hydrogen) atoms. The van der Waals surface area contributed by atoms with Crippen molar-refractivity contribution in [2.45, 2.75) is 39.3 Å². The van der Waals surface area contributed by atoms with E-state index in [1.165, 1.54) is 0 Å². The molecule has 2 aliphatic heterocycles. The third-order valence-electron chi connectivity index (χ3n) is 5.42. The zero-order valence-electron chi connectivity index (χ0n) is 17.9. The number of nitrogens with zero attached hydrogens (tertiary/aromatic N) is 3. The lowest BCUT2D eigenvalue weighted by atomic mass is 10.1. The van der Waals surface area contributed by atoms with E-state index in [1.54, 1.807) is 16.7 Å². The van der Waals surface area contributed by atoms with Crippen LogP contribution >= 0.6 is 11.8 Å². The molecule has 0 saturated carbocycles. The summed E-state index contributed by atoms with van der Waals surface area (Å²) in [5.41, 5.74) is 2.31. The lowest BCUT2D eigenvalue weighted by Gasteiger charge is -2.22. The van der Waals surface area contributed by atoms with Crippen molar-refractivity contribution >= 4 is 34.4 Å². The minimum atomic E-state index is -0.0697. The number of thioether (sulfide) groups is 1. The molecule has 2 heterocycles. The van der Waals surface area contributed by atoms with Crippen LogP contribution in [0.2, 0.25) is 0 Å². The van der Waals surface area contributed by atoms with Crippen LogP contribution in [0.3, 0.4) is 0 Å². The highest BCUT2D eigenvalue weighted by molar-refractivity contribution is 8.14. The van der Waals surface area contributed by atoms with Crippen LogP contribution in [0.4, 0.5) is 5.69 Å². The maximum absolute atomic E-state index is 13.4. The first-order valence-electron chi connectivity index (χ1n) is 10.7. The molecule has 2 amide bonds. The van der Waals surface area contributed by atoms with Gasteiger partial charge in [-0.25, -0.2) is 4.99 Å². The fourth-order valence-electron chi connectivity index (χ4n) is 3.86. The Morgan fingerprint density at radius 1 is 1.23 bits per heavy atom. The monoisotopic (exact) mass is 437 g/mol. The average molecular weight is 438 g/mol. The average Bonchev–Trinajstić information content (AvgIpc) is 3.34. The van der Waals surface area contributed by atoms with Gasteiger partial charge < -0.3 is 9.64 Å². The number of hydrogen-bond acceptors (Lipinski definition) is 5. The van der Waals surface area contributed by atoms with E-state index in [-0.39, 0.29) is 17.9 Å². The molecular formula is C24H27N3O3S. The van der Waals surface area contributed by atoms with Gasteiger partial charge in [-0.2, -0.15) is 0 Å². The molecule has 4 rings (SSSR count). The first-order valence-corrected chi connectivity index (χ1v) is 11.7. The van der Waals surface area contributed by atoms with E-state index >= 15 is 0 Å². The Kier molecular flexibility index (Phi) is 6.61. The Bertz CT molecular complexity index is 1010. The van der Waals surface area contributed by atoms with Crippen LogP contribution in [0.25, 0.3) is 0 Å². The van der Waals surface area contributed by atoms with E-state index in [4.69, 9.17) is 9.73 Å². The number of amidine groups is 1. The molecule has 0 spiro atoms. The number of carbonyl (C=O) groups is 2. The van der Waals surface area contributed by atoms with Crippen LogP contribution in [0, 0.1) is 0 Å². The predicted octanol–water partition coefficient (Wildman–Crippen LogP) is 4.47. The number of amides is 2. The highest BCUT2D eigenvalue weighted by atomic mass is 32.2. The maximum atomic E-state index is 13.4. The van der Waals surface area contributed by atoms with E-state index in [9.17, 15) is 9.59 Å². The van der Waals surface area contributed by atoms with Crippen LogP contribution in [0.15, 0.2) is 53.5 Å². The van der Waals surface area contributed by atoms with E-state index in [2.05, 4.69) is 0 Å². The molecule has 2 fully saturated rings. The molecule has 0 aliphatic carbocycles. The van der Waals surface area contributed by atoms with Crippen molar-refractivity contribution in [1.29, 1.82) is 0 Å². The molecule has 0 bridgehead atoms. The fraction of sp³-hybridized carbons (Fsp3) is 0.375. The van der Waals surface area contributed by atoms with Gasteiger partial charge in [-0.05, 0) is 50.1 Å². The smallest absolute Gasteiger partial charge is 0.260 e. The molecule has 1 atom stereocenters. The number of hydrogen-bond donors (Lipinski definition) is 0. The van der Waals surface area contributed by atoms with Gasteiger partial charge in [0, 0.05) is 36.9 Å². The van der Waals surface area contributed by atoms with Gasteiger partial charge in [0.15, 0.2) is 5.17 Å². The zero-order valence-corrected chi connectivity index (χ0v) is 18.7. The Morgan fingerprint density at radius 2 is 2.06 bits per heavy atom. The van der Waals surface area contributed by atoms with E-state index in [0.717, 1.165) is 30.0 Å². The predicted molar refractivity (Wildman–Crippen MR) is 124 cm³/mol. The summed E-state index contributed by atoms with van der Waals surface area (Å²) in [6.45, 7) is 5.86. The van der Waals surface area contributed by atoms with E-state index in [1.807, 2.05) is 67.3 Å². The Hall–Kier alpha value is -2.80. The molecule has 162 valence electrons. The summed E-state index contributed by atoms with van der Waals surface area (Å²) in [6.07, 6.45) is 1.52. The molecule has 0 radical (unpaired) electrons. The van der Waals surface area contributed by atoms with Crippen molar-refractivity contribution in [3.63, 3.8) is 0 Å². The minimum Gasteiger partial charge on any atom is -0.492 e. The Balaban J connectivity index is 1.58. The second-order valence-corrected chi connectivity index (χ2v) is 8.74. The zero-order chi connectivity index (χ0) is 21.8. The number of ether oxygens (including phenoxy) is 1. The summed E-state index contributed by atoms with van der Waals surface area (Å²) in [6, 6.07) is 15.3. The van der Waals surface area contributed by atoms with Gasteiger partial charge in [0.05, 0.1) is 6.61 Å². The van der Waals surface area contributed by atoms with Gasteiger partial charge in [0.1, 0.15) is 11.4 Å². The second-order valence-electron chi connectivity index (χ2n) is 7.75. The fourth-order valence-corrected chi connectivity index (χ4v) is 4.97. The lowest BCUT2D eigenvalue weighted by molar-refractivity contribution is -0.128. The van der Waals surface area contributed by atoms with Crippen LogP contribution in [0.5, 0.6) is 5.75 Å². The standard InChI is InChI=1S/C24H27N3O3S/c1-3-30-21-11-5-4-10-20(21)25-24-27(17(2)16-31-24)23(29)19-9-6-8-18(14-19)15-26-13-7-12-22(26)28/h4-6,8-11,14,17H,3,7,12-13,15-16H2,1-2H3. The summed E-state index contributed by atoms with van der Waals surface area (Å²) < 4.78 is 5.69. The summed E-state index contributed by atoms with van der Waals surface area (Å²) in [5, 5.41) is 0.685. The summed E-state index contributed by atoms with van der Waals surface area (Å²) in [5.74, 6) is 1.62. The Labute approximate surface area is 187 Å². The van der Waals surface area contributed by atoms with Crippen molar-refractivity contribution in [3.8, 4) is 5.75 Å². The molecule has 2 aliphatic rings. The van der Waals surface area contributed by atoms with Gasteiger partial charge in [-0.1, -0.05) is 36.0 Å². The molecule has 2 aromatic rings. The molecule has 1 unspecified atom stereocenters. The molecule has 6 nitrogen and oxygen atoms in total. The second kappa shape index (κ2) is 9.56. The highest BCUT2D eigenvalue weighted by Gasteiger charge is 2.33. The topological polar surface area (TPSA) is 62.2 Å². The maximum Gasteiger partial charge on any atom is 0.260 e. The first kappa shape index (κ1) is 21.4. The van der Waals surface area contributed by atoms with Gasteiger partial charge in [-0.3, -0.25) is 14.5 Å². The normalized spacial score (nSPS) is 20.0. The van der Waals surface area contributed by atoms with Crippen LogP contribution < -0.4 is 4.74 Å². The highest BCUT2D eigenvalue weighted by Crippen LogP contribution is 2.33. The van der Waals surface area contributed by atoms with Crippen LogP contribution in [-0.2, 0) is 11.3 Å². The SMILES string of the molecule is CCOc1ccccc1N=C1SCC(C)N1C(=O)c1cccc(CN2CCCC2=O)c1. The van der Waals surface area contributed by atoms with Crippen LogP contribution in [-0.4, -0.2) is 51.7 Å². The largest absolute Gasteiger partial charge is 0.492 e. The number of likely N-dealkylation sites (tertiary alicyclic amines) is 1. The van der Waals surface area contributed by atoms with Crippen molar-refractivity contribution in [1.82, 2.24) is 9.80 Å². The van der Waals surface area contributed by atoms with Crippen molar-refractivity contribution in [2.75, 3.05) is 18.9 Å². The number of carbonyl (C=O) groups excluding carboxylic acids is 2. The van der Waals surface area contributed by atoms with Gasteiger partial charge in [-0.15, -0.1) is 0 Å². The van der Waals surface area contributed by atoms with Gasteiger partial charge in [0.25, 0.3) is 5.91 Å². The minimum absolute atomic E-state index is 0.0410. The summed E-state index contributed by atoms with van der Waals surface area (Å²) in [4.78, 5) is 33.8. The summed E-state index contributed by atoms with van der Waals surface area (Å²) in [7, 11) is 0. The number of rotatable bonds is 6. The summed E-state index contributed by atoms with van der Waals surface area (Å²) >= 11 is 1.58. The van der Waals surface area contributed by atoms with Crippen LogP contribution in [0.1, 0.15) is 42.6 Å². The van der Waals surface area contributed by atoms with E-state index in [0.29, 0.717) is 36.1 Å². The number of benzene rings is 2. The Morgan fingerprint density at radius 3 is 2.84 bits per heavy atom. The van der Waals surface area contributed by atoms with Crippen molar-refractivity contribution < 1.29 is 14.3 Å². The number of aliphatic imine (C=N–C) groups is 1. The van der Waals surface area contributed by atoms with Crippen molar-refractivity contribution in [3.05, 3.63) is 59.7 Å². The molecule has 2 aromatic carbocycles. The lowest BCUT2D eigenvalue weighted by Crippen LogP contribution is -2.37. The molecular weight excluding hydrogens is 410 g/mol. The van der Waals surface area contributed by atoms with E-state index < -0.39 is 0 Å². The molecule has 0 N–H and O–H groups in total. The van der Waals surface area contributed by atoms with Gasteiger partial charge in [0.2, 0.25) is 5.91 Å². The molecule has 7 heteroatoms. The third kappa shape index (κ3) is 4.77. The third-order valence-corrected chi connectivity index (χ3v) is 6.61. The molecule has 2 saturated heterocycles. The van der Waals surface area contributed by atoms with Gasteiger partial charge >= 0.3 is 0 Å².